The van der Waals surface area contributed by atoms with E-state index in [4.69, 9.17) is 0 Å². The topological polar surface area (TPSA) is 15.3 Å². The van der Waals surface area contributed by atoms with Gasteiger partial charge in [0.2, 0.25) is 0 Å². The molecule has 1 aromatic carbocycles. The zero-order valence-electron chi connectivity index (χ0n) is 11.9. The van der Waals surface area contributed by atoms with Gasteiger partial charge in [0.25, 0.3) is 0 Å². The maximum absolute atomic E-state index is 3.44. The van der Waals surface area contributed by atoms with Crippen LogP contribution in [0.2, 0.25) is 0 Å². The van der Waals surface area contributed by atoms with Crippen molar-refractivity contribution in [1.82, 2.24) is 10.2 Å². The molecule has 0 aromatic heterocycles. The Labute approximate surface area is 129 Å². The minimum atomic E-state index is 0. The van der Waals surface area contributed by atoms with E-state index in [0.717, 1.165) is 13.1 Å². The van der Waals surface area contributed by atoms with Gasteiger partial charge < -0.3 is 5.32 Å². The lowest BCUT2D eigenvalue weighted by Gasteiger charge is -2.36. The molecule has 1 N–H and O–H groups in total. The van der Waals surface area contributed by atoms with Crippen molar-refractivity contribution in [1.29, 1.82) is 0 Å². The smallest absolute Gasteiger partial charge is 0.0351 e. The summed E-state index contributed by atoms with van der Waals surface area (Å²) in [5, 5.41) is 3.44. The van der Waals surface area contributed by atoms with Crippen LogP contribution in [0, 0.1) is 6.92 Å². The Kier molecular flexibility index (Phi) is 9.46. The molecule has 0 amide bonds. The van der Waals surface area contributed by atoms with Gasteiger partial charge in [0.1, 0.15) is 0 Å². The van der Waals surface area contributed by atoms with Gasteiger partial charge in [-0.25, -0.2) is 0 Å². The van der Waals surface area contributed by atoms with Crippen molar-refractivity contribution < 1.29 is 0 Å². The molecule has 0 unspecified atom stereocenters. The van der Waals surface area contributed by atoms with Gasteiger partial charge in [-0.05, 0) is 24.5 Å². The monoisotopic (exact) mass is 304 g/mol. The van der Waals surface area contributed by atoms with Crippen molar-refractivity contribution in [2.75, 3.05) is 26.2 Å². The van der Waals surface area contributed by atoms with Gasteiger partial charge >= 0.3 is 0 Å². The summed E-state index contributed by atoms with van der Waals surface area (Å²) in [7, 11) is 0. The van der Waals surface area contributed by atoms with Crippen molar-refractivity contribution in [3.05, 3.63) is 35.4 Å². The molecule has 0 saturated carbocycles. The Hall–Kier alpha value is -0.280. The number of rotatable bonds is 4. The second-order valence-corrected chi connectivity index (χ2v) is 4.95. The first-order chi connectivity index (χ1) is 8.33. The summed E-state index contributed by atoms with van der Waals surface area (Å²) in [6.45, 7) is 9.14. The molecule has 2 rings (SSSR count). The van der Waals surface area contributed by atoms with E-state index in [1.54, 1.807) is 0 Å². The molecule has 0 radical (unpaired) electrons. The molecule has 1 aliphatic heterocycles. The summed E-state index contributed by atoms with van der Waals surface area (Å²) >= 11 is 0. The van der Waals surface area contributed by atoms with E-state index < -0.39 is 0 Å². The Morgan fingerprint density at radius 2 is 1.79 bits per heavy atom. The number of nitrogens with zero attached hydrogens (tertiary/aromatic N) is 1. The van der Waals surface area contributed by atoms with Gasteiger partial charge in [-0.3, -0.25) is 4.90 Å². The maximum atomic E-state index is 3.44. The number of nitrogens with one attached hydrogen (secondary N) is 1. The largest absolute Gasteiger partial charge is 0.314 e. The quantitative estimate of drug-likeness (QED) is 0.914. The van der Waals surface area contributed by atoms with Crippen LogP contribution >= 0.6 is 24.8 Å². The summed E-state index contributed by atoms with van der Waals surface area (Å²) in [5.41, 5.74) is 2.96. The van der Waals surface area contributed by atoms with E-state index in [0.29, 0.717) is 6.04 Å². The molecule has 2 nitrogen and oxygen atoms in total. The van der Waals surface area contributed by atoms with Gasteiger partial charge in [-0.1, -0.05) is 37.6 Å². The first-order valence-electron chi connectivity index (χ1n) is 6.83. The molecule has 1 aromatic rings. The Morgan fingerprint density at radius 3 is 2.37 bits per heavy atom. The van der Waals surface area contributed by atoms with E-state index in [1.807, 2.05) is 0 Å². The first-order valence-corrected chi connectivity index (χ1v) is 6.83. The van der Waals surface area contributed by atoms with Crippen molar-refractivity contribution >= 4 is 24.8 Å². The van der Waals surface area contributed by atoms with E-state index >= 15 is 0 Å². The molecule has 1 atom stereocenters. The van der Waals surface area contributed by atoms with E-state index in [1.165, 1.54) is 37.1 Å². The van der Waals surface area contributed by atoms with Crippen molar-refractivity contribution in [3.8, 4) is 0 Å². The fraction of sp³-hybridized carbons (Fsp3) is 0.600. The minimum absolute atomic E-state index is 0. The summed E-state index contributed by atoms with van der Waals surface area (Å²) in [6.07, 6.45) is 2.52. The van der Waals surface area contributed by atoms with Crippen molar-refractivity contribution in [2.45, 2.75) is 32.7 Å². The summed E-state index contributed by atoms with van der Waals surface area (Å²) in [4.78, 5) is 2.64. The SMILES string of the molecule is CCC[C@@H](c1ccccc1C)N1CCNCC1.Cl.Cl. The molecule has 1 fully saturated rings. The van der Waals surface area contributed by atoms with Gasteiger partial charge in [-0.15, -0.1) is 24.8 Å². The number of halogens is 2. The fourth-order valence-corrected chi connectivity index (χ4v) is 2.76. The van der Waals surface area contributed by atoms with Crippen LogP contribution in [-0.2, 0) is 0 Å². The lowest BCUT2D eigenvalue weighted by atomic mass is 9.96. The third kappa shape index (κ3) is 4.96. The molecular formula is C15H26Cl2N2. The van der Waals surface area contributed by atoms with Gasteiger partial charge in [0, 0.05) is 32.2 Å². The van der Waals surface area contributed by atoms with Crippen LogP contribution in [0.3, 0.4) is 0 Å². The third-order valence-electron chi connectivity index (χ3n) is 3.70. The zero-order chi connectivity index (χ0) is 12.1. The van der Waals surface area contributed by atoms with Crippen LogP contribution in [0.25, 0.3) is 0 Å². The highest BCUT2D eigenvalue weighted by atomic mass is 35.5. The molecule has 4 heteroatoms. The highest BCUT2D eigenvalue weighted by Gasteiger charge is 2.22. The molecule has 0 spiro atoms. The maximum Gasteiger partial charge on any atom is 0.0351 e. The summed E-state index contributed by atoms with van der Waals surface area (Å²) in [6, 6.07) is 9.47. The molecule has 1 aliphatic rings. The Balaban J connectivity index is 0.00000162. The van der Waals surface area contributed by atoms with Gasteiger partial charge in [0.05, 0.1) is 0 Å². The van der Waals surface area contributed by atoms with Crippen LogP contribution in [0.5, 0.6) is 0 Å². The van der Waals surface area contributed by atoms with Gasteiger partial charge in [0.15, 0.2) is 0 Å². The molecule has 0 bridgehead atoms. The standard InChI is InChI=1S/C15H24N2.2ClH/c1-3-6-15(17-11-9-16-10-12-17)14-8-5-4-7-13(14)2;;/h4-5,7-8,15-16H,3,6,9-12H2,1-2H3;2*1H/t15-;;/m0../s1. The zero-order valence-corrected chi connectivity index (χ0v) is 13.5. The predicted octanol–water partition coefficient (Wildman–Crippen LogP) is 3.59. The van der Waals surface area contributed by atoms with E-state index in [2.05, 4.69) is 48.3 Å². The molecule has 1 heterocycles. The second kappa shape index (κ2) is 9.60. The normalized spacial score (nSPS) is 17.2. The average Bonchev–Trinajstić information content (AvgIpc) is 2.38. The Morgan fingerprint density at radius 1 is 1.16 bits per heavy atom. The number of hydrogen-bond acceptors (Lipinski definition) is 2. The second-order valence-electron chi connectivity index (χ2n) is 4.95. The summed E-state index contributed by atoms with van der Waals surface area (Å²) < 4.78 is 0. The Bertz CT molecular complexity index is 352. The number of benzene rings is 1. The van der Waals surface area contributed by atoms with Crippen molar-refractivity contribution in [2.24, 2.45) is 0 Å². The molecule has 0 aliphatic carbocycles. The van der Waals surface area contributed by atoms with E-state index in [9.17, 15) is 0 Å². The van der Waals surface area contributed by atoms with Crippen molar-refractivity contribution in [3.63, 3.8) is 0 Å². The van der Waals surface area contributed by atoms with Crippen LogP contribution in [0.15, 0.2) is 24.3 Å². The van der Waals surface area contributed by atoms with Gasteiger partial charge in [-0.2, -0.15) is 0 Å². The number of piperazine rings is 1. The highest BCUT2D eigenvalue weighted by Crippen LogP contribution is 2.28. The summed E-state index contributed by atoms with van der Waals surface area (Å²) in [5.74, 6) is 0. The number of hydrogen-bond donors (Lipinski definition) is 1. The van der Waals surface area contributed by atoms with Crippen LogP contribution in [0.1, 0.15) is 36.9 Å². The third-order valence-corrected chi connectivity index (χ3v) is 3.70. The lowest BCUT2D eigenvalue weighted by Crippen LogP contribution is -2.45. The van der Waals surface area contributed by atoms with Crippen LogP contribution in [-0.4, -0.2) is 31.1 Å². The molecule has 110 valence electrons. The molecule has 19 heavy (non-hydrogen) atoms. The molecular weight excluding hydrogens is 279 g/mol. The fourth-order valence-electron chi connectivity index (χ4n) is 2.76. The number of aryl methyl sites for hydroxylation is 1. The van der Waals surface area contributed by atoms with Crippen LogP contribution < -0.4 is 5.32 Å². The average molecular weight is 305 g/mol. The van der Waals surface area contributed by atoms with Crippen LogP contribution in [0.4, 0.5) is 0 Å². The lowest BCUT2D eigenvalue weighted by molar-refractivity contribution is 0.164. The predicted molar refractivity (Wildman–Crippen MR) is 87.8 cm³/mol. The highest BCUT2D eigenvalue weighted by molar-refractivity contribution is 5.85. The minimum Gasteiger partial charge on any atom is -0.314 e. The first kappa shape index (κ1) is 18.7. The molecule has 1 saturated heterocycles. The van der Waals surface area contributed by atoms with E-state index in [-0.39, 0.29) is 24.8 Å².